The third-order valence-electron chi connectivity index (χ3n) is 7.91. The van der Waals surface area contributed by atoms with E-state index in [4.69, 9.17) is 0 Å². The summed E-state index contributed by atoms with van der Waals surface area (Å²) in [5.41, 5.74) is 0. The van der Waals surface area contributed by atoms with E-state index in [1.807, 2.05) is 0 Å². The number of ether oxygens (including phenoxy) is 1. The summed E-state index contributed by atoms with van der Waals surface area (Å²) in [5.74, 6) is -3.48. The summed E-state index contributed by atoms with van der Waals surface area (Å²) in [4.78, 5) is 0. The fourth-order valence-corrected chi connectivity index (χ4v) is 5.85. The zero-order chi connectivity index (χ0) is 21.3. The van der Waals surface area contributed by atoms with Crippen LogP contribution in [0.3, 0.4) is 0 Å². The molecule has 3 fully saturated rings. The highest BCUT2D eigenvalue weighted by Gasteiger charge is 2.45. The fourth-order valence-electron chi connectivity index (χ4n) is 5.85. The summed E-state index contributed by atoms with van der Waals surface area (Å²) in [6.45, 7) is 0. The normalized spacial score (nSPS) is 30.7. The van der Waals surface area contributed by atoms with Gasteiger partial charge in [0.05, 0.1) is 5.92 Å². The largest absolute Gasteiger partial charge is 0.432 e. The third-order valence-corrected chi connectivity index (χ3v) is 7.91. The van der Waals surface area contributed by atoms with Crippen molar-refractivity contribution in [2.24, 2.45) is 29.6 Å². The molecule has 0 heterocycles. The van der Waals surface area contributed by atoms with Crippen LogP contribution in [0.4, 0.5) is 22.0 Å². The van der Waals surface area contributed by atoms with Gasteiger partial charge in [-0.25, -0.2) is 13.2 Å². The second kappa shape index (κ2) is 9.04. The molecule has 0 saturated heterocycles. The van der Waals surface area contributed by atoms with Crippen molar-refractivity contribution >= 4 is 0 Å². The monoisotopic (exact) mass is 430 g/mol. The molecule has 0 spiro atoms. The molecule has 0 amide bonds. The highest BCUT2D eigenvalue weighted by Crippen LogP contribution is 2.47. The van der Waals surface area contributed by atoms with Gasteiger partial charge in [0.1, 0.15) is 5.75 Å². The van der Waals surface area contributed by atoms with E-state index in [0.717, 1.165) is 24.7 Å². The van der Waals surface area contributed by atoms with Crippen LogP contribution in [0.15, 0.2) is 12.1 Å². The highest BCUT2D eigenvalue weighted by molar-refractivity contribution is 5.25. The van der Waals surface area contributed by atoms with Crippen LogP contribution in [0, 0.1) is 47.0 Å². The Morgan fingerprint density at radius 3 is 1.73 bits per heavy atom. The number of alkyl halides is 2. The predicted molar refractivity (Wildman–Crippen MR) is 105 cm³/mol. The summed E-state index contributed by atoms with van der Waals surface area (Å²) in [7, 11) is 0. The van der Waals surface area contributed by atoms with Gasteiger partial charge in [-0.05, 0) is 68.6 Å². The van der Waals surface area contributed by atoms with Crippen molar-refractivity contribution in [2.75, 3.05) is 0 Å². The molecular formula is C24H31F5O. The lowest BCUT2D eigenvalue weighted by Gasteiger charge is -2.40. The maximum Gasteiger partial charge on any atom is 0.400 e. The van der Waals surface area contributed by atoms with Crippen LogP contribution < -0.4 is 4.74 Å². The van der Waals surface area contributed by atoms with Gasteiger partial charge < -0.3 is 4.74 Å². The Bertz CT molecular complexity index is 693. The molecule has 3 saturated carbocycles. The predicted octanol–water partition coefficient (Wildman–Crippen LogP) is 7.88. The van der Waals surface area contributed by atoms with Gasteiger partial charge in [0.25, 0.3) is 0 Å². The van der Waals surface area contributed by atoms with Crippen LogP contribution in [0.1, 0.15) is 77.0 Å². The molecule has 0 aromatic heterocycles. The van der Waals surface area contributed by atoms with Gasteiger partial charge in [0, 0.05) is 12.1 Å². The molecular weight excluding hydrogens is 399 g/mol. The molecule has 0 N–H and O–H groups in total. The van der Waals surface area contributed by atoms with Crippen LogP contribution in [-0.4, -0.2) is 6.11 Å². The second-order valence-electron chi connectivity index (χ2n) is 9.79. The molecule has 1 aromatic carbocycles. The minimum Gasteiger partial charge on any atom is -0.432 e. The number of benzene rings is 1. The number of hydrogen-bond donors (Lipinski definition) is 0. The van der Waals surface area contributed by atoms with Crippen LogP contribution in [0.25, 0.3) is 0 Å². The lowest BCUT2D eigenvalue weighted by atomic mass is 9.67. The standard InChI is InChI=1S/C24H31F5O/c25-21-13-20(14-22(26)23(21)27)30-24(28,29)19-10-8-18(9-11-19)17-6-4-16(5-7-17)12-15-2-1-3-15/h13-19H,1-12H2. The first kappa shape index (κ1) is 21.9. The molecule has 6 heteroatoms. The van der Waals surface area contributed by atoms with Gasteiger partial charge in [0.2, 0.25) is 0 Å². The SMILES string of the molecule is Fc1cc(OC(F)(F)C2CCC(C3CCC(CC4CCC4)CC3)CC2)cc(F)c1F. The Morgan fingerprint density at radius 2 is 1.23 bits per heavy atom. The minimum absolute atomic E-state index is 0.339. The molecule has 1 aromatic rings. The Balaban J connectivity index is 1.25. The van der Waals surface area contributed by atoms with E-state index >= 15 is 0 Å². The second-order valence-corrected chi connectivity index (χ2v) is 9.79. The molecule has 168 valence electrons. The van der Waals surface area contributed by atoms with Crippen LogP contribution in [0.5, 0.6) is 5.75 Å². The van der Waals surface area contributed by atoms with Crippen molar-refractivity contribution in [3.8, 4) is 5.75 Å². The number of hydrogen-bond acceptors (Lipinski definition) is 1. The Morgan fingerprint density at radius 1 is 0.733 bits per heavy atom. The van der Waals surface area contributed by atoms with E-state index in [-0.39, 0.29) is 0 Å². The van der Waals surface area contributed by atoms with Crippen molar-refractivity contribution in [3.05, 3.63) is 29.6 Å². The van der Waals surface area contributed by atoms with Gasteiger partial charge in [-0.2, -0.15) is 8.78 Å². The molecule has 0 unspecified atom stereocenters. The first-order valence-corrected chi connectivity index (χ1v) is 11.5. The van der Waals surface area contributed by atoms with Crippen molar-refractivity contribution in [1.29, 1.82) is 0 Å². The molecule has 3 aliphatic rings. The van der Waals surface area contributed by atoms with Gasteiger partial charge in [0.15, 0.2) is 17.5 Å². The number of rotatable bonds is 6. The summed E-state index contributed by atoms with van der Waals surface area (Å²) in [6.07, 6.45) is 9.21. The summed E-state index contributed by atoms with van der Waals surface area (Å²) in [6, 6.07) is 0.944. The summed E-state index contributed by atoms with van der Waals surface area (Å²) < 4.78 is 73.4. The highest BCUT2D eigenvalue weighted by atomic mass is 19.3. The van der Waals surface area contributed by atoms with Crippen LogP contribution >= 0.6 is 0 Å². The first-order chi connectivity index (χ1) is 14.3. The van der Waals surface area contributed by atoms with E-state index in [9.17, 15) is 22.0 Å². The van der Waals surface area contributed by atoms with Gasteiger partial charge in [-0.15, -0.1) is 0 Å². The zero-order valence-electron chi connectivity index (χ0n) is 17.3. The van der Waals surface area contributed by atoms with E-state index < -0.39 is 35.2 Å². The Labute approximate surface area is 175 Å². The molecule has 0 atom stereocenters. The molecule has 0 radical (unpaired) electrons. The molecule has 1 nitrogen and oxygen atoms in total. The first-order valence-electron chi connectivity index (χ1n) is 11.5. The maximum atomic E-state index is 14.6. The van der Waals surface area contributed by atoms with Crippen molar-refractivity contribution in [2.45, 2.75) is 83.2 Å². The van der Waals surface area contributed by atoms with E-state index in [1.165, 1.54) is 51.4 Å². The zero-order valence-corrected chi connectivity index (χ0v) is 17.3. The average molecular weight is 431 g/mol. The molecule has 30 heavy (non-hydrogen) atoms. The lowest BCUT2D eigenvalue weighted by Crippen LogP contribution is -2.38. The van der Waals surface area contributed by atoms with Crippen molar-refractivity contribution in [3.63, 3.8) is 0 Å². The van der Waals surface area contributed by atoms with E-state index in [1.54, 1.807) is 0 Å². The average Bonchev–Trinajstić information content (AvgIpc) is 2.69. The Hall–Kier alpha value is -1.33. The summed E-state index contributed by atoms with van der Waals surface area (Å²) in [5, 5.41) is 0. The lowest BCUT2D eigenvalue weighted by molar-refractivity contribution is -0.224. The van der Waals surface area contributed by atoms with Gasteiger partial charge >= 0.3 is 6.11 Å². The van der Waals surface area contributed by atoms with E-state index in [2.05, 4.69) is 4.74 Å². The quantitative estimate of drug-likeness (QED) is 0.329. The fraction of sp³-hybridized carbons (Fsp3) is 0.750. The van der Waals surface area contributed by atoms with E-state index in [0.29, 0.717) is 36.8 Å². The minimum atomic E-state index is -3.53. The Kier molecular flexibility index (Phi) is 6.59. The molecule has 4 rings (SSSR count). The topological polar surface area (TPSA) is 9.23 Å². The maximum absolute atomic E-state index is 14.6. The van der Waals surface area contributed by atoms with Crippen LogP contribution in [-0.2, 0) is 0 Å². The molecule has 0 aliphatic heterocycles. The smallest absolute Gasteiger partial charge is 0.400 e. The summed E-state index contributed by atoms with van der Waals surface area (Å²) >= 11 is 0. The van der Waals surface area contributed by atoms with Crippen LogP contribution in [0.2, 0.25) is 0 Å². The molecule has 3 aliphatic carbocycles. The third kappa shape index (κ3) is 4.94. The van der Waals surface area contributed by atoms with Crippen molar-refractivity contribution < 1.29 is 26.7 Å². The van der Waals surface area contributed by atoms with Gasteiger partial charge in [-0.3, -0.25) is 0 Å². The van der Waals surface area contributed by atoms with Gasteiger partial charge in [-0.1, -0.05) is 32.1 Å². The molecule has 0 bridgehead atoms. The number of halogens is 5. The van der Waals surface area contributed by atoms with Crippen molar-refractivity contribution in [1.82, 2.24) is 0 Å².